The lowest BCUT2D eigenvalue weighted by molar-refractivity contribution is -0.126. The first-order valence-corrected chi connectivity index (χ1v) is 7.78. The Labute approximate surface area is 153 Å². The number of carbonyl (C=O) groups excluding carboxylic acids is 1. The van der Waals surface area contributed by atoms with Crippen LogP contribution in [0.3, 0.4) is 0 Å². The van der Waals surface area contributed by atoms with E-state index in [1.54, 1.807) is 6.07 Å². The molecule has 0 aliphatic heterocycles. The smallest absolute Gasteiger partial charge is 0.387 e. The van der Waals surface area contributed by atoms with Gasteiger partial charge in [-0.25, -0.2) is 4.39 Å². The highest BCUT2D eigenvalue weighted by Crippen LogP contribution is 2.28. The van der Waals surface area contributed by atoms with E-state index in [0.29, 0.717) is 5.56 Å². The third kappa shape index (κ3) is 5.91. The highest BCUT2D eigenvalue weighted by molar-refractivity contribution is 5.94. The normalized spacial score (nSPS) is 12.1. The summed E-state index contributed by atoms with van der Waals surface area (Å²) in [6.45, 7) is -1.54. The van der Waals surface area contributed by atoms with Crippen LogP contribution in [0.1, 0.15) is 12.5 Å². The quantitative estimate of drug-likeness (QED) is 0.557. The average molecular weight is 382 g/mol. The van der Waals surface area contributed by atoms with Crippen molar-refractivity contribution >= 4 is 17.8 Å². The number of oxime groups is 1. The standard InChI is InChI=1S/C18H17F3N2O4/c1-11(17(24)23-14-6-4-3-5-13(14)19)27-22-10-12-7-8-15(26-18(20)21)16(9-12)25-2/h3-11,18H,1-2H3,(H,23,24)/b22-10-/t11-/m0/s1. The van der Waals surface area contributed by atoms with Crippen molar-refractivity contribution < 1.29 is 32.3 Å². The van der Waals surface area contributed by atoms with Gasteiger partial charge in [0.25, 0.3) is 5.91 Å². The molecule has 0 aliphatic rings. The van der Waals surface area contributed by atoms with Crippen LogP contribution < -0.4 is 14.8 Å². The minimum Gasteiger partial charge on any atom is -0.493 e. The number of anilines is 1. The summed E-state index contributed by atoms with van der Waals surface area (Å²) in [5, 5.41) is 6.05. The van der Waals surface area contributed by atoms with Gasteiger partial charge in [-0.1, -0.05) is 17.3 Å². The molecule has 0 fully saturated rings. The van der Waals surface area contributed by atoms with Crippen molar-refractivity contribution in [2.24, 2.45) is 5.16 Å². The first kappa shape index (κ1) is 20.1. The molecule has 2 aromatic rings. The summed E-state index contributed by atoms with van der Waals surface area (Å²) in [4.78, 5) is 17.0. The Morgan fingerprint density at radius 3 is 2.59 bits per heavy atom. The fourth-order valence-corrected chi connectivity index (χ4v) is 1.99. The summed E-state index contributed by atoms with van der Waals surface area (Å²) in [5.74, 6) is -1.19. The summed E-state index contributed by atoms with van der Waals surface area (Å²) in [5.41, 5.74) is 0.497. The number of hydrogen-bond donors (Lipinski definition) is 1. The minimum atomic E-state index is -2.98. The van der Waals surface area contributed by atoms with Crippen molar-refractivity contribution in [2.45, 2.75) is 19.6 Å². The zero-order valence-corrected chi connectivity index (χ0v) is 14.5. The summed E-state index contributed by atoms with van der Waals surface area (Å²) in [6.07, 6.45) is 0.269. The van der Waals surface area contributed by atoms with Crippen molar-refractivity contribution in [3.05, 3.63) is 53.8 Å². The Kier molecular flexibility index (Phi) is 7.04. The van der Waals surface area contributed by atoms with Crippen LogP contribution in [0.2, 0.25) is 0 Å². The van der Waals surface area contributed by atoms with Crippen molar-refractivity contribution in [1.82, 2.24) is 0 Å². The summed E-state index contributed by atoms with van der Waals surface area (Å²) in [6, 6.07) is 9.87. The third-order valence-corrected chi connectivity index (χ3v) is 3.33. The van der Waals surface area contributed by atoms with Crippen LogP contribution in [-0.2, 0) is 9.63 Å². The third-order valence-electron chi connectivity index (χ3n) is 3.33. The number of rotatable bonds is 8. The van der Waals surface area contributed by atoms with Crippen LogP contribution in [0.4, 0.5) is 18.9 Å². The predicted molar refractivity (Wildman–Crippen MR) is 92.8 cm³/mol. The van der Waals surface area contributed by atoms with E-state index in [1.165, 1.54) is 56.6 Å². The number of benzene rings is 2. The van der Waals surface area contributed by atoms with Gasteiger partial charge in [0.2, 0.25) is 6.10 Å². The second-order valence-electron chi connectivity index (χ2n) is 5.24. The Balaban J connectivity index is 1.96. The number of para-hydroxylation sites is 1. The van der Waals surface area contributed by atoms with Gasteiger partial charge < -0.3 is 19.6 Å². The number of nitrogens with zero attached hydrogens (tertiary/aromatic N) is 1. The molecule has 1 atom stereocenters. The number of nitrogens with one attached hydrogen (secondary N) is 1. The lowest BCUT2D eigenvalue weighted by atomic mass is 10.2. The lowest BCUT2D eigenvalue weighted by Gasteiger charge is -2.11. The fourth-order valence-electron chi connectivity index (χ4n) is 1.99. The maximum Gasteiger partial charge on any atom is 0.387 e. The van der Waals surface area contributed by atoms with Gasteiger partial charge in [-0.15, -0.1) is 0 Å². The summed E-state index contributed by atoms with van der Waals surface area (Å²) < 4.78 is 47.4. The monoisotopic (exact) mass is 382 g/mol. The average Bonchev–Trinajstić information content (AvgIpc) is 2.64. The molecule has 1 amide bonds. The molecule has 2 rings (SSSR count). The Bertz CT molecular complexity index is 815. The molecule has 0 unspecified atom stereocenters. The van der Waals surface area contributed by atoms with Gasteiger partial charge in [0, 0.05) is 5.56 Å². The lowest BCUT2D eigenvalue weighted by Crippen LogP contribution is -2.26. The van der Waals surface area contributed by atoms with Gasteiger partial charge in [0.1, 0.15) is 5.82 Å². The molecule has 0 saturated heterocycles. The molecule has 0 heterocycles. The van der Waals surface area contributed by atoms with E-state index >= 15 is 0 Å². The van der Waals surface area contributed by atoms with E-state index < -0.39 is 24.4 Å². The van der Waals surface area contributed by atoms with Gasteiger partial charge in [0.05, 0.1) is 19.0 Å². The molecule has 27 heavy (non-hydrogen) atoms. The van der Waals surface area contributed by atoms with E-state index in [1.807, 2.05) is 0 Å². The molecule has 0 aliphatic carbocycles. The first-order chi connectivity index (χ1) is 12.9. The van der Waals surface area contributed by atoms with Crippen molar-refractivity contribution in [3.8, 4) is 11.5 Å². The van der Waals surface area contributed by atoms with Gasteiger partial charge in [0.15, 0.2) is 11.5 Å². The van der Waals surface area contributed by atoms with Gasteiger partial charge in [-0.05, 0) is 37.3 Å². The molecule has 6 nitrogen and oxygen atoms in total. The van der Waals surface area contributed by atoms with E-state index in [2.05, 4.69) is 15.2 Å². The van der Waals surface area contributed by atoms with Crippen LogP contribution in [-0.4, -0.2) is 31.9 Å². The SMILES string of the molecule is COc1cc(/C=N\O[C@@H](C)C(=O)Nc2ccccc2F)ccc1OC(F)F. The number of ether oxygens (including phenoxy) is 2. The van der Waals surface area contributed by atoms with Crippen LogP contribution in [0.15, 0.2) is 47.6 Å². The van der Waals surface area contributed by atoms with E-state index in [-0.39, 0.29) is 17.2 Å². The molecule has 0 bridgehead atoms. The van der Waals surface area contributed by atoms with Crippen LogP contribution >= 0.6 is 0 Å². The molecule has 0 spiro atoms. The number of hydrogen-bond acceptors (Lipinski definition) is 5. The Hall–Kier alpha value is -3.23. The number of halogens is 3. The van der Waals surface area contributed by atoms with Gasteiger partial charge in [-0.3, -0.25) is 4.79 Å². The minimum absolute atomic E-state index is 0.0290. The second-order valence-corrected chi connectivity index (χ2v) is 5.24. The van der Waals surface area contributed by atoms with E-state index in [9.17, 15) is 18.0 Å². The maximum atomic E-state index is 13.5. The second kappa shape index (κ2) is 9.46. The van der Waals surface area contributed by atoms with E-state index in [0.717, 1.165) is 0 Å². The molecule has 0 aromatic heterocycles. The van der Waals surface area contributed by atoms with Gasteiger partial charge >= 0.3 is 6.61 Å². The maximum absolute atomic E-state index is 13.5. The zero-order chi connectivity index (χ0) is 19.8. The molecule has 1 N–H and O–H groups in total. The molecule has 144 valence electrons. The van der Waals surface area contributed by atoms with Crippen LogP contribution in [0.5, 0.6) is 11.5 Å². The highest BCUT2D eigenvalue weighted by atomic mass is 19.3. The van der Waals surface area contributed by atoms with E-state index in [4.69, 9.17) is 9.57 Å². The fraction of sp³-hybridized carbons (Fsp3) is 0.222. The Morgan fingerprint density at radius 1 is 1.19 bits per heavy atom. The zero-order valence-electron chi connectivity index (χ0n) is 14.5. The largest absolute Gasteiger partial charge is 0.493 e. The summed E-state index contributed by atoms with van der Waals surface area (Å²) >= 11 is 0. The van der Waals surface area contributed by atoms with Crippen LogP contribution in [0.25, 0.3) is 0 Å². The number of alkyl halides is 2. The first-order valence-electron chi connectivity index (χ1n) is 7.78. The van der Waals surface area contributed by atoms with Crippen LogP contribution in [0, 0.1) is 5.82 Å². The number of amides is 1. The molecule has 0 saturated carbocycles. The van der Waals surface area contributed by atoms with Gasteiger partial charge in [-0.2, -0.15) is 8.78 Å². The van der Waals surface area contributed by atoms with Crippen molar-refractivity contribution in [1.29, 1.82) is 0 Å². The molecule has 0 radical (unpaired) electrons. The highest BCUT2D eigenvalue weighted by Gasteiger charge is 2.16. The molecule has 9 heteroatoms. The topological polar surface area (TPSA) is 69.2 Å². The van der Waals surface area contributed by atoms with Crippen molar-refractivity contribution in [2.75, 3.05) is 12.4 Å². The molecular formula is C18H17F3N2O4. The number of methoxy groups -OCH3 is 1. The molecule has 2 aromatic carbocycles. The summed E-state index contributed by atoms with van der Waals surface area (Å²) in [7, 11) is 1.31. The van der Waals surface area contributed by atoms with Crippen molar-refractivity contribution in [3.63, 3.8) is 0 Å². The Morgan fingerprint density at radius 2 is 1.93 bits per heavy atom. The predicted octanol–water partition coefficient (Wildman–Crippen LogP) is 3.81. The number of carbonyl (C=O) groups is 1. The molecular weight excluding hydrogens is 365 g/mol.